The molecule has 0 saturated heterocycles. The third-order valence-electron chi connectivity index (χ3n) is 3.23. The van der Waals surface area contributed by atoms with Crippen LogP contribution in [0.5, 0.6) is 0 Å². The predicted molar refractivity (Wildman–Crippen MR) is 72.6 cm³/mol. The number of halogens is 2. The van der Waals surface area contributed by atoms with Crippen LogP contribution in [0.1, 0.15) is 10.4 Å². The number of carbonyl (C=O) groups excluding carboxylic acids is 1. The second-order valence-corrected chi connectivity index (χ2v) is 4.55. The number of benzene rings is 2. The van der Waals surface area contributed by atoms with Gasteiger partial charge in [0.1, 0.15) is 11.6 Å². The highest BCUT2D eigenvalue weighted by Crippen LogP contribution is 2.17. The summed E-state index contributed by atoms with van der Waals surface area (Å²) >= 11 is 0. The summed E-state index contributed by atoms with van der Waals surface area (Å²) < 4.78 is 28.2. The number of ketones is 1. The van der Waals surface area contributed by atoms with Crippen molar-refractivity contribution in [2.75, 3.05) is 0 Å². The highest BCUT2D eigenvalue weighted by Gasteiger charge is 2.13. The monoisotopic (exact) mass is 271 g/mol. The van der Waals surface area contributed by atoms with Gasteiger partial charge in [-0.05, 0) is 29.7 Å². The Balaban J connectivity index is 1.92. The second-order valence-electron chi connectivity index (χ2n) is 4.55. The Hall–Kier alpha value is -2.49. The van der Waals surface area contributed by atoms with Crippen LogP contribution in [0.2, 0.25) is 0 Å². The van der Waals surface area contributed by atoms with Crippen LogP contribution in [0.3, 0.4) is 0 Å². The van der Waals surface area contributed by atoms with Gasteiger partial charge in [0.15, 0.2) is 5.78 Å². The fraction of sp³-hybridized carbons (Fsp3) is 0.0625. The van der Waals surface area contributed by atoms with Crippen molar-refractivity contribution in [3.8, 4) is 0 Å². The first-order valence-electron chi connectivity index (χ1n) is 6.17. The van der Waals surface area contributed by atoms with E-state index in [0.717, 1.165) is 23.0 Å². The smallest absolute Gasteiger partial charge is 0.185 e. The summed E-state index contributed by atoms with van der Waals surface area (Å²) in [5, 5.41) is 1.01. The molecular formula is C16H11F2NO. The van der Waals surface area contributed by atoms with Gasteiger partial charge < -0.3 is 4.57 Å². The largest absolute Gasteiger partial charge is 0.340 e. The van der Waals surface area contributed by atoms with Crippen LogP contribution in [0.4, 0.5) is 8.78 Å². The van der Waals surface area contributed by atoms with E-state index >= 15 is 0 Å². The molecule has 1 heterocycles. The third-order valence-corrected chi connectivity index (χ3v) is 3.23. The number of rotatable bonds is 3. The quantitative estimate of drug-likeness (QED) is 0.664. The molecule has 0 aliphatic carbocycles. The summed E-state index contributed by atoms with van der Waals surface area (Å²) in [5.74, 6) is -1.90. The zero-order valence-corrected chi connectivity index (χ0v) is 10.5. The van der Waals surface area contributed by atoms with Crippen LogP contribution in [-0.4, -0.2) is 10.4 Å². The molecule has 0 radical (unpaired) electrons. The van der Waals surface area contributed by atoms with Crippen molar-refractivity contribution >= 4 is 16.7 Å². The molecule has 2 aromatic carbocycles. The molecule has 0 spiro atoms. The lowest BCUT2D eigenvalue weighted by molar-refractivity contribution is 0.0969. The molecule has 0 N–H and O–H groups in total. The van der Waals surface area contributed by atoms with Crippen molar-refractivity contribution in [3.05, 3.63) is 71.9 Å². The number of fused-ring (bicyclic) bond motifs is 1. The minimum absolute atomic E-state index is 0.0239. The van der Waals surface area contributed by atoms with Gasteiger partial charge in [0.25, 0.3) is 0 Å². The van der Waals surface area contributed by atoms with E-state index in [1.165, 1.54) is 6.07 Å². The van der Waals surface area contributed by atoms with Crippen molar-refractivity contribution in [3.63, 3.8) is 0 Å². The molecule has 0 fully saturated rings. The minimum atomic E-state index is -0.827. The number of aromatic nitrogens is 1. The Bertz CT molecular complexity index is 792. The number of Topliss-reactive ketones (excluding diaryl/α,β-unsaturated/α-hetero) is 1. The topological polar surface area (TPSA) is 22.0 Å². The van der Waals surface area contributed by atoms with Gasteiger partial charge in [-0.15, -0.1) is 0 Å². The molecule has 0 unspecified atom stereocenters. The molecule has 4 heteroatoms. The van der Waals surface area contributed by atoms with Gasteiger partial charge in [0.05, 0.1) is 12.1 Å². The molecule has 1 aromatic heterocycles. The van der Waals surface area contributed by atoms with Crippen LogP contribution in [-0.2, 0) is 6.54 Å². The lowest BCUT2D eigenvalue weighted by Crippen LogP contribution is -2.11. The zero-order chi connectivity index (χ0) is 14.1. The SMILES string of the molecule is O=C(Cn1ccc2ccccc21)c1ccc(F)cc1F. The Labute approximate surface area is 114 Å². The summed E-state index contributed by atoms with van der Waals surface area (Å²) in [5.41, 5.74) is 0.813. The molecule has 0 aliphatic rings. The Morgan fingerprint density at radius 1 is 1.05 bits per heavy atom. The van der Waals surface area contributed by atoms with Gasteiger partial charge in [0, 0.05) is 17.8 Å². The molecule has 0 aliphatic heterocycles. The van der Waals surface area contributed by atoms with E-state index in [9.17, 15) is 13.6 Å². The predicted octanol–water partition coefficient (Wildman–Crippen LogP) is 3.80. The minimum Gasteiger partial charge on any atom is -0.340 e. The molecular weight excluding hydrogens is 260 g/mol. The van der Waals surface area contributed by atoms with Crippen LogP contribution in [0.25, 0.3) is 10.9 Å². The van der Waals surface area contributed by atoms with Crippen molar-refractivity contribution in [1.29, 1.82) is 0 Å². The summed E-state index contributed by atoms with van der Waals surface area (Å²) in [6.07, 6.45) is 1.78. The van der Waals surface area contributed by atoms with Crippen molar-refractivity contribution in [1.82, 2.24) is 4.57 Å². The Kier molecular flexibility index (Phi) is 3.06. The van der Waals surface area contributed by atoms with Gasteiger partial charge in [0.2, 0.25) is 0 Å². The average molecular weight is 271 g/mol. The van der Waals surface area contributed by atoms with E-state index in [0.29, 0.717) is 0 Å². The van der Waals surface area contributed by atoms with E-state index in [-0.39, 0.29) is 17.9 Å². The van der Waals surface area contributed by atoms with Gasteiger partial charge in [-0.3, -0.25) is 4.79 Å². The van der Waals surface area contributed by atoms with Crippen LogP contribution < -0.4 is 0 Å². The lowest BCUT2D eigenvalue weighted by Gasteiger charge is -2.06. The fourth-order valence-corrected chi connectivity index (χ4v) is 2.23. The van der Waals surface area contributed by atoms with Gasteiger partial charge >= 0.3 is 0 Å². The number of hydrogen-bond donors (Lipinski definition) is 0. The second kappa shape index (κ2) is 4.89. The van der Waals surface area contributed by atoms with Crippen molar-refractivity contribution < 1.29 is 13.6 Å². The van der Waals surface area contributed by atoms with Crippen LogP contribution >= 0.6 is 0 Å². The number of para-hydroxylation sites is 1. The summed E-state index contributed by atoms with van der Waals surface area (Å²) in [6.45, 7) is 0.0239. The molecule has 0 amide bonds. The molecule has 3 aromatic rings. The Morgan fingerprint density at radius 3 is 2.65 bits per heavy atom. The van der Waals surface area contributed by atoms with Gasteiger partial charge in [-0.1, -0.05) is 18.2 Å². The first-order chi connectivity index (χ1) is 9.65. The molecule has 0 saturated carbocycles. The third kappa shape index (κ3) is 2.20. The molecule has 2 nitrogen and oxygen atoms in total. The fourth-order valence-electron chi connectivity index (χ4n) is 2.23. The number of hydrogen-bond acceptors (Lipinski definition) is 1. The molecule has 0 bridgehead atoms. The first-order valence-corrected chi connectivity index (χ1v) is 6.17. The molecule has 100 valence electrons. The van der Waals surface area contributed by atoms with E-state index in [1.807, 2.05) is 30.3 Å². The summed E-state index contributed by atoms with van der Waals surface area (Å²) in [4.78, 5) is 12.1. The van der Waals surface area contributed by atoms with Crippen molar-refractivity contribution in [2.24, 2.45) is 0 Å². The molecule has 3 rings (SSSR count). The van der Waals surface area contributed by atoms with Gasteiger partial charge in [-0.2, -0.15) is 0 Å². The van der Waals surface area contributed by atoms with E-state index in [2.05, 4.69) is 0 Å². The summed E-state index contributed by atoms with van der Waals surface area (Å²) in [6, 6.07) is 12.5. The highest BCUT2D eigenvalue weighted by atomic mass is 19.1. The first kappa shape index (κ1) is 12.5. The van der Waals surface area contributed by atoms with Crippen LogP contribution in [0, 0.1) is 11.6 Å². The highest BCUT2D eigenvalue weighted by molar-refractivity contribution is 5.97. The van der Waals surface area contributed by atoms with Crippen LogP contribution in [0.15, 0.2) is 54.7 Å². The van der Waals surface area contributed by atoms with E-state index in [1.54, 1.807) is 10.8 Å². The lowest BCUT2D eigenvalue weighted by atomic mass is 10.1. The number of nitrogens with zero attached hydrogens (tertiary/aromatic N) is 1. The van der Waals surface area contributed by atoms with Crippen molar-refractivity contribution in [2.45, 2.75) is 6.54 Å². The number of carbonyl (C=O) groups is 1. The normalized spacial score (nSPS) is 10.9. The molecule has 0 atom stereocenters. The van der Waals surface area contributed by atoms with E-state index < -0.39 is 11.6 Å². The maximum Gasteiger partial charge on any atom is 0.185 e. The standard InChI is InChI=1S/C16H11F2NO/c17-12-5-6-13(14(18)9-12)16(20)10-19-8-7-11-3-1-2-4-15(11)19/h1-9H,10H2. The zero-order valence-electron chi connectivity index (χ0n) is 10.5. The summed E-state index contributed by atoms with van der Waals surface area (Å²) in [7, 11) is 0. The maximum absolute atomic E-state index is 13.6. The average Bonchev–Trinajstić information content (AvgIpc) is 2.82. The van der Waals surface area contributed by atoms with E-state index in [4.69, 9.17) is 0 Å². The maximum atomic E-state index is 13.6. The van der Waals surface area contributed by atoms with Gasteiger partial charge in [-0.25, -0.2) is 8.78 Å². The Morgan fingerprint density at radius 2 is 1.85 bits per heavy atom. The molecule has 20 heavy (non-hydrogen) atoms.